The van der Waals surface area contributed by atoms with Gasteiger partial charge in [-0.05, 0) is 31.0 Å². The molecule has 20 heteroatoms. The summed E-state index contributed by atoms with van der Waals surface area (Å²) in [5, 5.41) is 0. The quantitative estimate of drug-likeness (QED) is 0.288. The van der Waals surface area contributed by atoms with E-state index in [0.29, 0.717) is 11.3 Å². The Hall–Kier alpha value is -2.70. The van der Waals surface area contributed by atoms with Crippen molar-refractivity contribution in [2.75, 3.05) is 31.1 Å². The molecule has 0 radical (unpaired) electrons. The zero-order chi connectivity index (χ0) is 32.4. The Morgan fingerprint density at radius 2 is 0.976 bits per heavy atom. The van der Waals surface area contributed by atoms with Crippen LogP contribution in [-0.4, -0.2) is 84.6 Å². The number of nitrogens with zero attached hydrogens (tertiary/aromatic N) is 2. The fraction of sp³-hybridized carbons (Fsp3) is 0.667. The minimum atomic E-state index is -8.73. The SMILES string of the molecule is Cc1cccc(N2CCN(C(=O)C(F)(F)C(F)(F)C(F)(F)C(F)(F)C(F)(F)C(F)(F)C(F)(F)C(F)(F)F)CC2)c1C. The Morgan fingerprint density at radius 1 is 0.585 bits per heavy atom. The summed E-state index contributed by atoms with van der Waals surface area (Å²) < 4.78 is 229. The third-order valence-electron chi connectivity index (χ3n) is 6.47. The fourth-order valence-corrected chi connectivity index (χ4v) is 3.73. The standard InChI is InChI=1S/C21H17F17N2O/c1-10-4-3-5-12(11(10)2)39-6-8-40(9-7-39)13(41)14(22,23)15(24,25)16(26,27)17(28,29)18(30,31)19(32,33)20(34,35)21(36,37)38/h3-5H,6-9H2,1-2H3. The largest absolute Gasteiger partial charge is 0.460 e. The fourth-order valence-electron chi connectivity index (χ4n) is 3.73. The van der Waals surface area contributed by atoms with Crippen molar-refractivity contribution in [2.45, 2.75) is 61.5 Å². The Bertz CT molecular complexity index is 1140. The van der Waals surface area contributed by atoms with Crippen LogP contribution >= 0.6 is 0 Å². The van der Waals surface area contributed by atoms with Crippen LogP contribution in [0.25, 0.3) is 0 Å². The first-order valence-corrected chi connectivity index (χ1v) is 10.9. The van der Waals surface area contributed by atoms with Crippen molar-refractivity contribution in [3.05, 3.63) is 29.3 Å². The molecule has 0 aliphatic carbocycles. The number of carbonyl (C=O) groups is 1. The Kier molecular flexibility index (Phi) is 8.37. The van der Waals surface area contributed by atoms with Crippen molar-refractivity contribution < 1.29 is 79.4 Å². The Labute approximate surface area is 218 Å². The van der Waals surface area contributed by atoms with E-state index < -0.39 is 79.7 Å². The molecule has 1 saturated heterocycles. The predicted molar refractivity (Wildman–Crippen MR) is 105 cm³/mol. The third-order valence-corrected chi connectivity index (χ3v) is 6.47. The highest BCUT2D eigenvalue weighted by Gasteiger charge is 2.95. The molecule has 0 aromatic heterocycles. The average molecular weight is 636 g/mol. The summed E-state index contributed by atoms with van der Waals surface area (Å²) in [4.78, 5) is 13.2. The number of amides is 1. The smallest absolute Gasteiger partial charge is 0.368 e. The average Bonchev–Trinajstić information content (AvgIpc) is 2.83. The van der Waals surface area contributed by atoms with Gasteiger partial charge in [0, 0.05) is 31.9 Å². The van der Waals surface area contributed by atoms with Crippen LogP contribution in [0.1, 0.15) is 11.1 Å². The molecule has 1 aliphatic heterocycles. The molecule has 236 valence electrons. The number of carbonyl (C=O) groups excluding carboxylic acids is 1. The van der Waals surface area contributed by atoms with Gasteiger partial charge in [-0.1, -0.05) is 12.1 Å². The monoisotopic (exact) mass is 636 g/mol. The Morgan fingerprint density at radius 3 is 1.39 bits per heavy atom. The lowest BCUT2D eigenvalue weighted by Gasteiger charge is -2.43. The normalized spacial score (nSPS) is 17.2. The van der Waals surface area contributed by atoms with Crippen molar-refractivity contribution in [3.8, 4) is 0 Å². The molecule has 2 rings (SSSR count). The number of aryl methyl sites for hydroxylation is 1. The lowest BCUT2D eigenvalue weighted by molar-refractivity contribution is -0.459. The highest BCUT2D eigenvalue weighted by atomic mass is 19.4. The molecule has 1 aromatic carbocycles. The molecule has 0 N–H and O–H groups in total. The van der Waals surface area contributed by atoms with Crippen molar-refractivity contribution in [1.82, 2.24) is 4.90 Å². The molecule has 0 spiro atoms. The highest BCUT2D eigenvalue weighted by molar-refractivity contribution is 5.85. The van der Waals surface area contributed by atoms with Crippen molar-refractivity contribution >= 4 is 11.6 Å². The van der Waals surface area contributed by atoms with Crippen molar-refractivity contribution in [3.63, 3.8) is 0 Å². The summed E-state index contributed by atoms with van der Waals surface area (Å²) in [6.45, 7) is 0.462. The summed E-state index contributed by atoms with van der Waals surface area (Å²) in [5.41, 5.74) is 1.82. The second-order valence-corrected chi connectivity index (χ2v) is 9.02. The molecule has 0 unspecified atom stereocenters. The number of piperazine rings is 1. The summed E-state index contributed by atoms with van der Waals surface area (Å²) in [6, 6.07) is 4.74. The van der Waals surface area contributed by atoms with E-state index in [-0.39, 0.29) is 4.90 Å². The number of hydrogen-bond donors (Lipinski definition) is 0. The number of hydrogen-bond acceptors (Lipinski definition) is 2. The highest BCUT2D eigenvalue weighted by Crippen LogP contribution is 2.64. The first-order valence-electron chi connectivity index (χ1n) is 10.9. The van der Waals surface area contributed by atoms with Gasteiger partial charge in [-0.2, -0.15) is 74.6 Å². The molecule has 1 heterocycles. The van der Waals surface area contributed by atoms with E-state index >= 15 is 0 Å². The first-order chi connectivity index (χ1) is 18.1. The molecule has 0 saturated carbocycles. The van der Waals surface area contributed by atoms with E-state index in [1.807, 2.05) is 0 Å². The number of benzene rings is 1. The topological polar surface area (TPSA) is 23.6 Å². The van der Waals surface area contributed by atoms with Gasteiger partial charge in [-0.25, -0.2) is 0 Å². The minimum absolute atomic E-state index is 0.270. The number of halogens is 17. The summed E-state index contributed by atoms with van der Waals surface area (Å²) in [7, 11) is 0. The van der Waals surface area contributed by atoms with Crippen LogP contribution in [0, 0.1) is 13.8 Å². The molecule has 1 aromatic rings. The lowest BCUT2D eigenvalue weighted by Crippen LogP contribution is -2.75. The Balaban J connectivity index is 2.41. The van der Waals surface area contributed by atoms with Crippen LogP contribution in [0.2, 0.25) is 0 Å². The molecule has 0 atom stereocenters. The van der Waals surface area contributed by atoms with Crippen LogP contribution in [0.3, 0.4) is 0 Å². The van der Waals surface area contributed by atoms with Crippen LogP contribution < -0.4 is 4.90 Å². The summed E-state index contributed by atoms with van der Waals surface area (Å²) in [5.74, 6) is -61.3. The maximum Gasteiger partial charge on any atom is 0.460 e. The van der Waals surface area contributed by atoms with Crippen LogP contribution in [0.15, 0.2) is 18.2 Å². The number of rotatable bonds is 8. The molecule has 0 bridgehead atoms. The number of anilines is 1. The first kappa shape index (κ1) is 34.5. The van der Waals surface area contributed by atoms with E-state index in [4.69, 9.17) is 0 Å². The molecular formula is C21H17F17N2O. The van der Waals surface area contributed by atoms with Gasteiger partial charge in [0.1, 0.15) is 0 Å². The van der Waals surface area contributed by atoms with Gasteiger partial charge in [0.25, 0.3) is 5.91 Å². The second kappa shape index (κ2) is 9.95. The van der Waals surface area contributed by atoms with E-state index in [0.717, 1.165) is 5.56 Å². The van der Waals surface area contributed by atoms with Crippen molar-refractivity contribution in [2.24, 2.45) is 0 Å². The van der Waals surface area contributed by atoms with Crippen molar-refractivity contribution in [1.29, 1.82) is 0 Å². The molecule has 1 fully saturated rings. The van der Waals surface area contributed by atoms with Gasteiger partial charge in [-0.15, -0.1) is 0 Å². The van der Waals surface area contributed by atoms with Gasteiger partial charge in [-0.3, -0.25) is 4.79 Å². The van der Waals surface area contributed by atoms with Gasteiger partial charge in [0.05, 0.1) is 0 Å². The lowest BCUT2D eigenvalue weighted by atomic mass is 9.88. The van der Waals surface area contributed by atoms with Gasteiger partial charge in [0.15, 0.2) is 0 Å². The van der Waals surface area contributed by atoms with Gasteiger partial charge < -0.3 is 9.80 Å². The third kappa shape index (κ3) is 4.81. The minimum Gasteiger partial charge on any atom is -0.368 e. The zero-order valence-corrected chi connectivity index (χ0v) is 20.3. The summed E-state index contributed by atoms with van der Waals surface area (Å²) in [6.07, 6.45) is -7.83. The maximum atomic E-state index is 14.3. The van der Waals surface area contributed by atoms with Gasteiger partial charge in [0.2, 0.25) is 0 Å². The number of alkyl halides is 17. The zero-order valence-electron chi connectivity index (χ0n) is 20.3. The van der Waals surface area contributed by atoms with E-state index in [9.17, 15) is 79.4 Å². The van der Waals surface area contributed by atoms with E-state index in [1.165, 1.54) is 11.0 Å². The molecular weight excluding hydrogens is 619 g/mol. The van der Waals surface area contributed by atoms with Crippen LogP contribution in [0.5, 0.6) is 0 Å². The van der Waals surface area contributed by atoms with E-state index in [1.54, 1.807) is 26.0 Å². The van der Waals surface area contributed by atoms with Gasteiger partial charge >= 0.3 is 47.6 Å². The molecule has 1 aliphatic rings. The molecule has 3 nitrogen and oxygen atoms in total. The van der Waals surface area contributed by atoms with Crippen LogP contribution in [-0.2, 0) is 4.79 Å². The maximum absolute atomic E-state index is 14.3. The molecule has 41 heavy (non-hydrogen) atoms. The second-order valence-electron chi connectivity index (χ2n) is 9.02. The molecule has 1 amide bonds. The predicted octanol–water partition coefficient (Wildman–Crippen LogP) is 6.96. The van der Waals surface area contributed by atoms with E-state index in [2.05, 4.69) is 0 Å². The van der Waals surface area contributed by atoms with Crippen LogP contribution in [0.4, 0.5) is 80.3 Å². The summed E-state index contributed by atoms with van der Waals surface area (Å²) >= 11 is 0.